The Bertz CT molecular complexity index is 661. The predicted molar refractivity (Wildman–Crippen MR) is 81.5 cm³/mol. The van der Waals surface area contributed by atoms with Gasteiger partial charge < -0.3 is 4.90 Å². The van der Waals surface area contributed by atoms with Gasteiger partial charge in [0.05, 0.1) is 11.8 Å². The highest BCUT2D eigenvalue weighted by molar-refractivity contribution is 7.88. The van der Waals surface area contributed by atoms with E-state index in [0.29, 0.717) is 6.54 Å². The summed E-state index contributed by atoms with van der Waals surface area (Å²) in [6.45, 7) is 4.34. The van der Waals surface area contributed by atoms with E-state index in [4.69, 9.17) is 0 Å². The minimum absolute atomic E-state index is 0.0900. The average Bonchev–Trinajstić information content (AvgIpc) is 2.79. The molecule has 2 heterocycles. The van der Waals surface area contributed by atoms with Gasteiger partial charge in [0.25, 0.3) is 0 Å². The minimum atomic E-state index is -4.50. The number of halogens is 3. The molecule has 1 N–H and O–H groups in total. The maximum Gasteiger partial charge on any atom is 0.419 e. The fraction of sp³-hybridized carbons (Fsp3) is 0.643. The maximum atomic E-state index is 13.1. The highest BCUT2D eigenvalue weighted by atomic mass is 32.2. The van der Waals surface area contributed by atoms with Crippen LogP contribution in [0.15, 0.2) is 18.3 Å². The number of rotatable bonds is 4. The van der Waals surface area contributed by atoms with Crippen molar-refractivity contribution in [2.45, 2.75) is 26.1 Å². The fourth-order valence-electron chi connectivity index (χ4n) is 2.95. The molecule has 0 saturated carbocycles. The second-order valence-electron chi connectivity index (χ2n) is 6.18. The number of sulfonamides is 1. The van der Waals surface area contributed by atoms with Crippen LogP contribution in [0.4, 0.5) is 19.0 Å². The van der Waals surface area contributed by atoms with Crippen molar-refractivity contribution in [3.8, 4) is 0 Å². The van der Waals surface area contributed by atoms with Crippen LogP contribution < -0.4 is 9.62 Å². The van der Waals surface area contributed by atoms with Gasteiger partial charge in [-0.05, 0) is 24.0 Å². The van der Waals surface area contributed by atoms with Gasteiger partial charge in [0.1, 0.15) is 5.82 Å². The molecule has 0 unspecified atom stereocenters. The van der Waals surface area contributed by atoms with Crippen LogP contribution in [-0.2, 0) is 16.2 Å². The van der Waals surface area contributed by atoms with Crippen LogP contribution in [0.1, 0.15) is 19.4 Å². The zero-order valence-electron chi connectivity index (χ0n) is 13.1. The van der Waals surface area contributed by atoms with Gasteiger partial charge in [0.2, 0.25) is 10.0 Å². The molecule has 1 fully saturated rings. The van der Waals surface area contributed by atoms with Crippen LogP contribution in [0.5, 0.6) is 0 Å². The predicted octanol–water partition coefficient (Wildman–Crippen LogP) is 2.11. The molecular formula is C14H20F3N3O2S. The SMILES string of the molecule is CC(C)[C@H]1CN(c2ncccc2C(F)(F)F)C[C@@H]1NS(C)(=O)=O. The van der Waals surface area contributed by atoms with E-state index in [0.717, 1.165) is 12.3 Å². The summed E-state index contributed by atoms with van der Waals surface area (Å²) in [7, 11) is -3.44. The van der Waals surface area contributed by atoms with Gasteiger partial charge in [0, 0.05) is 25.3 Å². The second kappa shape index (κ2) is 6.27. The van der Waals surface area contributed by atoms with Crippen molar-refractivity contribution in [1.29, 1.82) is 0 Å². The van der Waals surface area contributed by atoms with E-state index in [1.807, 2.05) is 13.8 Å². The number of anilines is 1. The number of hydrogen-bond donors (Lipinski definition) is 1. The molecule has 1 aliphatic heterocycles. The monoisotopic (exact) mass is 351 g/mol. The summed E-state index contributed by atoms with van der Waals surface area (Å²) in [5, 5.41) is 0. The van der Waals surface area contributed by atoms with Crippen LogP contribution >= 0.6 is 0 Å². The summed E-state index contributed by atoms with van der Waals surface area (Å²) < 4.78 is 65.0. The van der Waals surface area contributed by atoms with E-state index in [2.05, 4.69) is 9.71 Å². The molecule has 0 bridgehead atoms. The van der Waals surface area contributed by atoms with Crippen molar-refractivity contribution in [2.24, 2.45) is 11.8 Å². The lowest BCUT2D eigenvalue weighted by Crippen LogP contribution is -2.41. The van der Waals surface area contributed by atoms with E-state index in [-0.39, 0.29) is 24.2 Å². The third kappa shape index (κ3) is 4.35. The largest absolute Gasteiger partial charge is 0.419 e. The van der Waals surface area contributed by atoms with E-state index >= 15 is 0 Å². The zero-order chi connectivity index (χ0) is 17.4. The molecular weight excluding hydrogens is 331 g/mol. The summed E-state index contributed by atoms with van der Waals surface area (Å²) >= 11 is 0. The average molecular weight is 351 g/mol. The summed E-state index contributed by atoms with van der Waals surface area (Å²) in [4.78, 5) is 5.39. The first-order valence-corrected chi connectivity index (χ1v) is 9.12. The normalized spacial score (nSPS) is 22.8. The van der Waals surface area contributed by atoms with Gasteiger partial charge in [-0.15, -0.1) is 0 Å². The number of aromatic nitrogens is 1. The molecule has 1 aromatic heterocycles. The lowest BCUT2D eigenvalue weighted by Gasteiger charge is -2.22. The Balaban J connectivity index is 2.33. The van der Waals surface area contributed by atoms with E-state index in [1.54, 1.807) is 0 Å². The molecule has 0 spiro atoms. The lowest BCUT2D eigenvalue weighted by atomic mass is 9.92. The number of pyridine rings is 1. The van der Waals surface area contributed by atoms with Crippen LogP contribution in [0.2, 0.25) is 0 Å². The van der Waals surface area contributed by atoms with Crippen molar-refractivity contribution in [1.82, 2.24) is 9.71 Å². The Morgan fingerprint density at radius 2 is 2.00 bits per heavy atom. The van der Waals surface area contributed by atoms with Gasteiger partial charge in [-0.1, -0.05) is 13.8 Å². The fourth-order valence-corrected chi connectivity index (χ4v) is 3.75. The van der Waals surface area contributed by atoms with Crippen LogP contribution in [-0.4, -0.2) is 38.8 Å². The first-order chi connectivity index (χ1) is 10.5. The lowest BCUT2D eigenvalue weighted by molar-refractivity contribution is -0.137. The summed E-state index contributed by atoms with van der Waals surface area (Å²) in [6.07, 6.45) is -2.14. The third-order valence-corrected chi connectivity index (χ3v) is 4.71. The first-order valence-electron chi connectivity index (χ1n) is 7.23. The number of nitrogens with zero attached hydrogens (tertiary/aromatic N) is 2. The Hall–Kier alpha value is -1.35. The quantitative estimate of drug-likeness (QED) is 0.903. The van der Waals surface area contributed by atoms with E-state index < -0.39 is 27.8 Å². The Morgan fingerprint density at radius 1 is 1.35 bits per heavy atom. The van der Waals surface area contributed by atoms with Crippen molar-refractivity contribution >= 4 is 15.8 Å². The summed E-state index contributed by atoms with van der Waals surface area (Å²) in [5.74, 6) is -0.117. The highest BCUT2D eigenvalue weighted by Gasteiger charge is 2.41. The molecule has 0 aliphatic carbocycles. The molecule has 9 heteroatoms. The Kier molecular flexibility index (Phi) is 4.91. The zero-order valence-corrected chi connectivity index (χ0v) is 13.9. The van der Waals surface area contributed by atoms with Gasteiger partial charge in [-0.3, -0.25) is 0 Å². The molecule has 2 rings (SSSR count). The number of hydrogen-bond acceptors (Lipinski definition) is 4. The molecule has 130 valence electrons. The first kappa shape index (κ1) is 18.0. The number of alkyl halides is 3. The molecule has 0 aromatic carbocycles. The molecule has 23 heavy (non-hydrogen) atoms. The minimum Gasteiger partial charge on any atom is -0.354 e. The summed E-state index contributed by atoms with van der Waals surface area (Å²) in [6, 6.07) is 1.80. The van der Waals surface area contributed by atoms with Crippen LogP contribution in [0.25, 0.3) is 0 Å². The molecule has 1 aliphatic rings. The molecule has 2 atom stereocenters. The van der Waals surface area contributed by atoms with Gasteiger partial charge in [-0.25, -0.2) is 18.1 Å². The third-order valence-electron chi connectivity index (χ3n) is 3.98. The Labute approximate surface area is 133 Å². The maximum absolute atomic E-state index is 13.1. The van der Waals surface area contributed by atoms with Gasteiger partial charge in [-0.2, -0.15) is 13.2 Å². The molecule has 0 amide bonds. The van der Waals surface area contributed by atoms with Crippen LogP contribution in [0, 0.1) is 11.8 Å². The van der Waals surface area contributed by atoms with Crippen molar-refractivity contribution in [2.75, 3.05) is 24.2 Å². The second-order valence-corrected chi connectivity index (χ2v) is 7.96. The molecule has 0 radical (unpaired) electrons. The van der Waals surface area contributed by atoms with Crippen molar-refractivity contribution < 1.29 is 21.6 Å². The standard InChI is InChI=1S/C14H20F3N3O2S/c1-9(2)10-7-20(8-12(10)19-23(3,21)22)13-11(14(15,16)17)5-4-6-18-13/h4-6,9-10,12,19H,7-8H2,1-3H3/t10-,12+/m1/s1. The van der Waals surface area contributed by atoms with Crippen LogP contribution in [0.3, 0.4) is 0 Å². The van der Waals surface area contributed by atoms with Gasteiger partial charge >= 0.3 is 6.18 Å². The smallest absolute Gasteiger partial charge is 0.354 e. The highest BCUT2D eigenvalue weighted by Crippen LogP contribution is 2.37. The Morgan fingerprint density at radius 3 is 2.52 bits per heavy atom. The molecule has 1 aromatic rings. The van der Waals surface area contributed by atoms with E-state index in [9.17, 15) is 21.6 Å². The van der Waals surface area contributed by atoms with Crippen molar-refractivity contribution in [3.63, 3.8) is 0 Å². The summed E-state index contributed by atoms with van der Waals surface area (Å²) in [5.41, 5.74) is -0.803. The number of nitrogens with one attached hydrogen (secondary N) is 1. The van der Waals surface area contributed by atoms with Crippen molar-refractivity contribution in [3.05, 3.63) is 23.9 Å². The topological polar surface area (TPSA) is 62.3 Å². The molecule has 5 nitrogen and oxygen atoms in total. The van der Waals surface area contributed by atoms with Gasteiger partial charge in [0.15, 0.2) is 0 Å². The van der Waals surface area contributed by atoms with E-state index in [1.165, 1.54) is 17.2 Å². The molecule has 1 saturated heterocycles.